The summed E-state index contributed by atoms with van der Waals surface area (Å²) in [5.41, 5.74) is 0.177. The van der Waals surface area contributed by atoms with Crippen molar-refractivity contribution in [2.24, 2.45) is 0 Å². The first-order chi connectivity index (χ1) is 16.9. The van der Waals surface area contributed by atoms with Crippen molar-refractivity contribution >= 4 is 11.9 Å². The van der Waals surface area contributed by atoms with Crippen molar-refractivity contribution in [1.29, 1.82) is 0 Å². The minimum atomic E-state index is -5.34. The summed E-state index contributed by atoms with van der Waals surface area (Å²) in [6, 6.07) is 19.6. The normalized spacial score (nSPS) is 13.8. The van der Waals surface area contributed by atoms with E-state index in [0.717, 1.165) is 23.6 Å². The van der Waals surface area contributed by atoms with Crippen LogP contribution >= 0.6 is 0 Å². The summed E-state index contributed by atoms with van der Waals surface area (Å²) >= 11 is 0. The Balaban J connectivity index is 1.94. The predicted molar refractivity (Wildman–Crippen MR) is 125 cm³/mol. The molecule has 0 aliphatic heterocycles. The molecular weight excluding hydrogens is 477 g/mol. The number of esters is 1. The van der Waals surface area contributed by atoms with E-state index < -0.39 is 29.8 Å². The number of alkyl halides is 3. The fraction of sp³-hybridized carbons (Fsp3) is 0.259. The lowest BCUT2D eigenvalue weighted by atomic mass is 9.92. The first-order valence-electron chi connectivity index (χ1n) is 10.9. The van der Waals surface area contributed by atoms with E-state index in [1.54, 1.807) is 19.1 Å². The zero-order valence-corrected chi connectivity index (χ0v) is 19.8. The third kappa shape index (κ3) is 6.35. The van der Waals surface area contributed by atoms with E-state index in [1.807, 2.05) is 37.3 Å². The highest BCUT2D eigenvalue weighted by atomic mass is 19.4. The Hall–Kier alpha value is -4.01. The van der Waals surface area contributed by atoms with Crippen LogP contribution in [0.2, 0.25) is 0 Å². The highest BCUT2D eigenvalue weighted by Gasteiger charge is 2.52. The van der Waals surface area contributed by atoms with Gasteiger partial charge in [0.2, 0.25) is 5.60 Å². The molecule has 0 radical (unpaired) electrons. The van der Waals surface area contributed by atoms with Gasteiger partial charge < -0.3 is 19.3 Å². The molecule has 3 aromatic rings. The van der Waals surface area contributed by atoms with Crippen LogP contribution in [-0.4, -0.2) is 28.8 Å². The number of rotatable bonds is 9. The van der Waals surface area contributed by atoms with Gasteiger partial charge in [-0.05, 0) is 67.3 Å². The second-order valence-corrected chi connectivity index (χ2v) is 8.39. The number of carbonyl (C=O) groups excluding carboxylic acids is 1. The standard InChI is InChI=1S/C27H25F3O6/c1-17-9-12-22(15-18(17)2)36-26(3,24(31)32)23(35-25(33)27(28,29)30)20-10-13-21(14-11-20)34-16-19-7-5-4-6-8-19/h4-15,23H,16H2,1-3H3,(H,31,32). The van der Waals surface area contributed by atoms with Crippen molar-refractivity contribution < 1.29 is 42.1 Å². The van der Waals surface area contributed by atoms with E-state index in [1.165, 1.54) is 30.3 Å². The summed E-state index contributed by atoms with van der Waals surface area (Å²) in [6.45, 7) is 4.91. The zero-order chi connectivity index (χ0) is 26.5. The van der Waals surface area contributed by atoms with E-state index in [4.69, 9.17) is 14.2 Å². The molecule has 0 spiro atoms. The third-order valence-electron chi connectivity index (χ3n) is 5.62. The minimum absolute atomic E-state index is 0.0200. The van der Waals surface area contributed by atoms with Gasteiger partial charge in [-0.25, -0.2) is 9.59 Å². The van der Waals surface area contributed by atoms with Gasteiger partial charge in [0, 0.05) is 0 Å². The molecule has 0 heterocycles. The van der Waals surface area contributed by atoms with Crippen LogP contribution in [0.3, 0.4) is 0 Å². The maximum absolute atomic E-state index is 13.1. The van der Waals surface area contributed by atoms with Crippen molar-refractivity contribution in [3.05, 3.63) is 95.1 Å². The Morgan fingerprint density at radius 1 is 0.889 bits per heavy atom. The van der Waals surface area contributed by atoms with Crippen LogP contribution in [0.25, 0.3) is 0 Å². The van der Waals surface area contributed by atoms with Crippen molar-refractivity contribution in [3.8, 4) is 11.5 Å². The summed E-state index contributed by atoms with van der Waals surface area (Å²) in [7, 11) is 0. The number of hydrogen-bond donors (Lipinski definition) is 1. The Bertz CT molecular complexity index is 1210. The molecule has 0 saturated carbocycles. The molecule has 0 aromatic heterocycles. The van der Waals surface area contributed by atoms with Gasteiger partial charge in [-0.15, -0.1) is 0 Å². The molecule has 0 bridgehead atoms. The third-order valence-corrected chi connectivity index (χ3v) is 5.62. The SMILES string of the molecule is Cc1ccc(OC(C)(C(=O)O)C(OC(=O)C(F)(F)F)c2ccc(OCc3ccccc3)cc2)cc1C. The molecule has 2 atom stereocenters. The average molecular weight is 502 g/mol. The number of ether oxygens (including phenoxy) is 3. The lowest BCUT2D eigenvalue weighted by Gasteiger charge is -2.34. The molecule has 9 heteroatoms. The lowest BCUT2D eigenvalue weighted by molar-refractivity contribution is -0.216. The Kier molecular flexibility index (Phi) is 7.92. The van der Waals surface area contributed by atoms with Crippen LogP contribution in [0.15, 0.2) is 72.8 Å². The van der Waals surface area contributed by atoms with Crippen molar-refractivity contribution in [1.82, 2.24) is 0 Å². The van der Waals surface area contributed by atoms with Gasteiger partial charge in [-0.3, -0.25) is 0 Å². The first kappa shape index (κ1) is 26.6. The fourth-order valence-corrected chi connectivity index (χ4v) is 3.38. The molecule has 190 valence electrons. The smallest absolute Gasteiger partial charge is 0.489 e. The van der Waals surface area contributed by atoms with E-state index in [-0.39, 0.29) is 17.9 Å². The number of benzene rings is 3. The van der Waals surface area contributed by atoms with Crippen molar-refractivity contribution in [2.45, 2.75) is 45.3 Å². The zero-order valence-electron chi connectivity index (χ0n) is 19.8. The van der Waals surface area contributed by atoms with Gasteiger partial charge >= 0.3 is 18.1 Å². The van der Waals surface area contributed by atoms with E-state index in [2.05, 4.69) is 0 Å². The molecule has 0 amide bonds. The molecule has 0 saturated heterocycles. The van der Waals surface area contributed by atoms with Gasteiger partial charge in [0.05, 0.1) is 0 Å². The maximum atomic E-state index is 13.1. The van der Waals surface area contributed by atoms with Gasteiger partial charge in [-0.2, -0.15) is 13.2 Å². The molecule has 36 heavy (non-hydrogen) atoms. The van der Waals surface area contributed by atoms with Crippen LogP contribution < -0.4 is 9.47 Å². The summed E-state index contributed by atoms with van der Waals surface area (Å²) in [5, 5.41) is 10.0. The van der Waals surface area contributed by atoms with E-state index in [9.17, 15) is 27.9 Å². The summed E-state index contributed by atoms with van der Waals surface area (Å²) in [5.74, 6) is -3.67. The number of halogens is 3. The monoisotopic (exact) mass is 502 g/mol. The minimum Gasteiger partial charge on any atom is -0.489 e. The molecular formula is C27H25F3O6. The second kappa shape index (κ2) is 10.7. The highest BCUT2D eigenvalue weighted by Crippen LogP contribution is 2.37. The number of hydrogen-bond acceptors (Lipinski definition) is 5. The number of aryl methyl sites for hydroxylation is 2. The number of carboxylic acids is 1. The average Bonchev–Trinajstić information content (AvgIpc) is 2.83. The quantitative estimate of drug-likeness (QED) is 0.364. The molecule has 0 fully saturated rings. The summed E-state index contributed by atoms with van der Waals surface area (Å²) in [4.78, 5) is 24.1. The predicted octanol–water partition coefficient (Wildman–Crippen LogP) is 5.95. The number of carboxylic acid groups (broad SMARTS) is 1. The molecule has 3 aromatic carbocycles. The molecule has 1 N–H and O–H groups in total. The van der Waals surface area contributed by atoms with Crippen LogP contribution in [-0.2, 0) is 20.9 Å². The van der Waals surface area contributed by atoms with Gasteiger partial charge in [-0.1, -0.05) is 48.5 Å². The molecule has 0 aliphatic carbocycles. The Morgan fingerprint density at radius 2 is 1.50 bits per heavy atom. The van der Waals surface area contributed by atoms with Crippen LogP contribution in [0.1, 0.15) is 35.3 Å². The molecule has 6 nitrogen and oxygen atoms in total. The van der Waals surface area contributed by atoms with Gasteiger partial charge in [0.25, 0.3) is 0 Å². The lowest BCUT2D eigenvalue weighted by Crippen LogP contribution is -2.49. The highest BCUT2D eigenvalue weighted by molar-refractivity contribution is 5.81. The van der Waals surface area contributed by atoms with Crippen LogP contribution in [0.4, 0.5) is 13.2 Å². The first-order valence-corrected chi connectivity index (χ1v) is 10.9. The molecule has 0 aliphatic rings. The Morgan fingerprint density at radius 3 is 2.06 bits per heavy atom. The molecule has 3 rings (SSSR count). The van der Waals surface area contributed by atoms with Crippen molar-refractivity contribution in [3.63, 3.8) is 0 Å². The maximum Gasteiger partial charge on any atom is 0.490 e. The van der Waals surface area contributed by atoms with Crippen LogP contribution in [0.5, 0.6) is 11.5 Å². The topological polar surface area (TPSA) is 82.1 Å². The second-order valence-electron chi connectivity index (χ2n) is 8.39. The fourth-order valence-electron chi connectivity index (χ4n) is 3.38. The number of aliphatic carboxylic acids is 1. The largest absolute Gasteiger partial charge is 0.490 e. The Labute approximate surface area is 206 Å². The van der Waals surface area contributed by atoms with Crippen LogP contribution in [0, 0.1) is 13.8 Å². The van der Waals surface area contributed by atoms with E-state index in [0.29, 0.717) is 5.75 Å². The van der Waals surface area contributed by atoms with Crippen molar-refractivity contribution in [2.75, 3.05) is 0 Å². The van der Waals surface area contributed by atoms with E-state index >= 15 is 0 Å². The summed E-state index contributed by atoms with van der Waals surface area (Å²) < 4.78 is 55.3. The van der Waals surface area contributed by atoms with Gasteiger partial charge in [0.1, 0.15) is 18.1 Å². The van der Waals surface area contributed by atoms with Gasteiger partial charge in [0.15, 0.2) is 6.10 Å². The number of carbonyl (C=O) groups is 2. The molecule has 2 unspecified atom stereocenters. The summed E-state index contributed by atoms with van der Waals surface area (Å²) in [6.07, 6.45) is -7.27.